The van der Waals surface area contributed by atoms with Crippen LogP contribution in [0.2, 0.25) is 0 Å². The predicted molar refractivity (Wildman–Crippen MR) is 97.6 cm³/mol. The minimum atomic E-state index is -0.0389. The Balaban J connectivity index is 1.91. The molecule has 4 heteroatoms. The Morgan fingerprint density at radius 3 is 2.62 bits per heavy atom. The molecule has 3 aromatic rings. The number of amides is 1. The van der Waals surface area contributed by atoms with Gasteiger partial charge in [-0.15, -0.1) is 11.6 Å². The van der Waals surface area contributed by atoms with Crippen LogP contribution in [0.15, 0.2) is 54.7 Å². The van der Waals surface area contributed by atoms with Crippen molar-refractivity contribution in [3.63, 3.8) is 0 Å². The Kier molecular flexibility index (Phi) is 3.81. The molecule has 1 aromatic heterocycles. The van der Waals surface area contributed by atoms with Gasteiger partial charge in [0.2, 0.25) is 0 Å². The number of hydrogen-bond acceptors (Lipinski definition) is 1. The quantitative estimate of drug-likeness (QED) is 0.649. The van der Waals surface area contributed by atoms with E-state index in [-0.39, 0.29) is 11.9 Å². The Morgan fingerprint density at radius 2 is 1.79 bits per heavy atom. The number of para-hydroxylation sites is 1. The van der Waals surface area contributed by atoms with Crippen molar-refractivity contribution in [2.24, 2.45) is 7.05 Å². The van der Waals surface area contributed by atoms with Crippen molar-refractivity contribution in [3.05, 3.63) is 71.4 Å². The number of aromatic nitrogens is 1. The van der Waals surface area contributed by atoms with Crippen molar-refractivity contribution < 1.29 is 4.79 Å². The highest BCUT2D eigenvalue weighted by Crippen LogP contribution is 2.41. The van der Waals surface area contributed by atoms with Crippen LogP contribution in [0.3, 0.4) is 0 Å². The van der Waals surface area contributed by atoms with Crippen LogP contribution in [-0.2, 0) is 7.05 Å². The molecule has 122 valence electrons. The molecule has 1 aliphatic heterocycles. The number of carbonyl (C=O) groups is 1. The van der Waals surface area contributed by atoms with Crippen molar-refractivity contribution in [2.75, 3.05) is 12.4 Å². The average molecular weight is 339 g/mol. The molecular formula is C20H19ClN2O. The van der Waals surface area contributed by atoms with Crippen molar-refractivity contribution in [1.29, 1.82) is 0 Å². The number of rotatable bonds is 4. The van der Waals surface area contributed by atoms with Crippen molar-refractivity contribution in [1.82, 2.24) is 9.47 Å². The Morgan fingerprint density at radius 1 is 1.04 bits per heavy atom. The second-order valence-corrected chi connectivity index (χ2v) is 6.62. The fourth-order valence-electron chi connectivity index (χ4n) is 3.76. The van der Waals surface area contributed by atoms with Gasteiger partial charge in [0.1, 0.15) is 0 Å². The lowest BCUT2D eigenvalue weighted by molar-refractivity contribution is 0.0751. The first kappa shape index (κ1) is 15.3. The number of alkyl halides is 1. The highest BCUT2D eigenvalue weighted by atomic mass is 35.5. The SMILES string of the molecule is Cn1cc([C@H]2c3ccccc3C(=O)N2CCCCl)c2ccccc21. The topological polar surface area (TPSA) is 25.2 Å². The molecule has 0 unspecified atom stereocenters. The van der Waals surface area contributed by atoms with Crippen LogP contribution in [0, 0.1) is 0 Å². The number of hydrogen-bond donors (Lipinski definition) is 0. The lowest BCUT2D eigenvalue weighted by Gasteiger charge is -2.25. The van der Waals surface area contributed by atoms with E-state index in [0.29, 0.717) is 12.4 Å². The third-order valence-corrected chi connectivity index (χ3v) is 5.08. The number of aryl methyl sites for hydroxylation is 1. The van der Waals surface area contributed by atoms with Gasteiger partial charge >= 0.3 is 0 Å². The molecule has 0 saturated carbocycles. The van der Waals surface area contributed by atoms with Gasteiger partial charge in [0.15, 0.2) is 0 Å². The molecule has 0 bridgehead atoms. The van der Waals surface area contributed by atoms with Crippen molar-refractivity contribution in [3.8, 4) is 0 Å². The third kappa shape index (κ3) is 2.23. The first-order chi connectivity index (χ1) is 11.7. The maximum atomic E-state index is 12.9. The molecule has 0 spiro atoms. The van der Waals surface area contributed by atoms with Gasteiger partial charge in [0.25, 0.3) is 5.91 Å². The molecule has 0 N–H and O–H groups in total. The molecule has 3 nitrogen and oxygen atoms in total. The summed E-state index contributed by atoms with van der Waals surface area (Å²) in [6.07, 6.45) is 2.95. The fourth-order valence-corrected chi connectivity index (χ4v) is 3.88. The summed E-state index contributed by atoms with van der Waals surface area (Å²) < 4.78 is 2.13. The van der Waals surface area contributed by atoms with Crippen LogP contribution in [0.1, 0.15) is 33.9 Å². The first-order valence-corrected chi connectivity index (χ1v) is 8.75. The van der Waals surface area contributed by atoms with Gasteiger partial charge in [-0.3, -0.25) is 4.79 Å². The fraction of sp³-hybridized carbons (Fsp3) is 0.250. The van der Waals surface area contributed by atoms with Crippen LogP contribution < -0.4 is 0 Å². The molecule has 1 aliphatic rings. The van der Waals surface area contributed by atoms with E-state index in [9.17, 15) is 4.79 Å². The molecule has 2 aromatic carbocycles. The third-order valence-electron chi connectivity index (χ3n) is 4.81. The normalized spacial score (nSPS) is 16.8. The Labute approximate surface area is 146 Å². The van der Waals surface area contributed by atoms with E-state index in [2.05, 4.69) is 42.1 Å². The molecule has 4 rings (SSSR count). The van der Waals surface area contributed by atoms with E-state index in [1.807, 2.05) is 29.2 Å². The summed E-state index contributed by atoms with van der Waals surface area (Å²) in [6.45, 7) is 0.672. The predicted octanol–water partition coefficient (Wildman–Crippen LogP) is 4.35. The first-order valence-electron chi connectivity index (χ1n) is 8.22. The largest absolute Gasteiger partial charge is 0.350 e. The van der Waals surface area contributed by atoms with E-state index < -0.39 is 0 Å². The summed E-state index contributed by atoms with van der Waals surface area (Å²) in [5, 5.41) is 1.20. The zero-order valence-corrected chi connectivity index (χ0v) is 14.3. The van der Waals surface area contributed by atoms with E-state index in [1.54, 1.807) is 0 Å². The summed E-state index contributed by atoms with van der Waals surface area (Å²) in [6, 6.07) is 16.3. The van der Waals surface area contributed by atoms with Crippen LogP contribution in [0.5, 0.6) is 0 Å². The van der Waals surface area contributed by atoms with E-state index in [0.717, 1.165) is 17.5 Å². The molecule has 0 radical (unpaired) electrons. The van der Waals surface area contributed by atoms with Crippen molar-refractivity contribution in [2.45, 2.75) is 12.5 Å². The minimum Gasteiger partial charge on any atom is -0.350 e. The summed E-state index contributed by atoms with van der Waals surface area (Å²) in [5.41, 5.74) is 4.26. The van der Waals surface area contributed by atoms with Gasteiger partial charge < -0.3 is 9.47 Å². The van der Waals surface area contributed by atoms with Crippen LogP contribution in [0.25, 0.3) is 10.9 Å². The van der Waals surface area contributed by atoms with Gasteiger partial charge in [0.05, 0.1) is 6.04 Å². The lowest BCUT2D eigenvalue weighted by atomic mass is 9.97. The van der Waals surface area contributed by atoms with Gasteiger partial charge in [0, 0.05) is 47.7 Å². The summed E-state index contributed by atoms with van der Waals surface area (Å²) in [5.74, 6) is 0.663. The van der Waals surface area contributed by atoms with Gasteiger partial charge in [-0.2, -0.15) is 0 Å². The molecule has 0 aliphatic carbocycles. The molecule has 0 saturated heterocycles. The highest BCUT2D eigenvalue weighted by Gasteiger charge is 2.38. The standard InChI is InChI=1S/C20H19ClN2O/c1-22-13-17(14-7-4-5-10-18(14)22)19-15-8-2-3-9-16(15)20(24)23(19)12-6-11-21/h2-5,7-10,13,19H,6,11-12H2,1H3/t19-/m1/s1. The zero-order valence-electron chi connectivity index (χ0n) is 13.6. The summed E-state index contributed by atoms with van der Waals surface area (Å²) >= 11 is 5.89. The summed E-state index contributed by atoms with van der Waals surface area (Å²) in [7, 11) is 2.05. The van der Waals surface area contributed by atoms with Crippen LogP contribution >= 0.6 is 11.6 Å². The molecule has 2 heterocycles. The van der Waals surface area contributed by atoms with E-state index in [1.165, 1.54) is 16.5 Å². The lowest BCUT2D eigenvalue weighted by Crippen LogP contribution is -2.30. The maximum Gasteiger partial charge on any atom is 0.255 e. The Hall–Kier alpha value is -2.26. The number of halogens is 1. The molecule has 24 heavy (non-hydrogen) atoms. The van der Waals surface area contributed by atoms with E-state index >= 15 is 0 Å². The molecule has 1 amide bonds. The van der Waals surface area contributed by atoms with E-state index in [4.69, 9.17) is 11.6 Å². The number of fused-ring (bicyclic) bond motifs is 2. The smallest absolute Gasteiger partial charge is 0.255 e. The second kappa shape index (κ2) is 5.99. The highest BCUT2D eigenvalue weighted by molar-refractivity contribution is 6.17. The van der Waals surface area contributed by atoms with Gasteiger partial charge in [-0.05, 0) is 24.1 Å². The monoisotopic (exact) mass is 338 g/mol. The molecular weight excluding hydrogens is 320 g/mol. The van der Waals surface area contributed by atoms with Gasteiger partial charge in [-0.1, -0.05) is 36.4 Å². The number of nitrogens with zero attached hydrogens (tertiary/aromatic N) is 2. The summed E-state index contributed by atoms with van der Waals surface area (Å²) in [4.78, 5) is 14.9. The molecule has 0 fully saturated rings. The maximum absolute atomic E-state index is 12.9. The number of benzene rings is 2. The average Bonchev–Trinajstić information content (AvgIpc) is 3.09. The zero-order chi connectivity index (χ0) is 16.7. The van der Waals surface area contributed by atoms with Crippen molar-refractivity contribution >= 4 is 28.4 Å². The minimum absolute atomic E-state index is 0.0389. The molecule has 1 atom stereocenters. The van der Waals surface area contributed by atoms with Crippen LogP contribution in [0.4, 0.5) is 0 Å². The van der Waals surface area contributed by atoms with Crippen LogP contribution in [-0.4, -0.2) is 27.8 Å². The Bertz CT molecular complexity index is 915. The second-order valence-electron chi connectivity index (χ2n) is 6.24. The number of carbonyl (C=O) groups excluding carboxylic acids is 1. The van der Waals surface area contributed by atoms with Gasteiger partial charge in [-0.25, -0.2) is 0 Å².